The number of pyridine rings is 1. The fraction of sp³-hybridized carbons (Fsp3) is 0.117. The van der Waals surface area contributed by atoms with Crippen LogP contribution in [0.25, 0.3) is 38.8 Å². The molecule has 66 heavy (non-hydrogen) atoms. The van der Waals surface area contributed by atoms with Crippen LogP contribution in [0.4, 0.5) is 22.7 Å². The summed E-state index contributed by atoms with van der Waals surface area (Å²) in [5.41, 5.74) is 14.4. The first-order chi connectivity index (χ1) is 31.9. The molecule has 1 aliphatic rings. The Bertz CT molecular complexity index is 3260. The van der Waals surface area contributed by atoms with Crippen molar-refractivity contribution in [2.24, 2.45) is 0 Å². The van der Waals surface area contributed by atoms with Gasteiger partial charge in [0.1, 0.15) is 22.9 Å². The van der Waals surface area contributed by atoms with Crippen LogP contribution in [0.15, 0.2) is 206 Å². The van der Waals surface area contributed by atoms with Crippen molar-refractivity contribution in [1.29, 1.82) is 0 Å². The van der Waals surface area contributed by atoms with Crippen LogP contribution in [0.3, 0.4) is 0 Å². The maximum atomic E-state index is 5.22. The number of fused-ring (bicyclic) bond motifs is 4. The summed E-state index contributed by atoms with van der Waals surface area (Å²) in [5.74, 6) is 1.58. The fourth-order valence-corrected chi connectivity index (χ4v) is 9.99. The molecule has 326 valence electrons. The van der Waals surface area contributed by atoms with Crippen molar-refractivity contribution in [3.8, 4) is 16.9 Å². The molecule has 0 bridgehead atoms. The molecule has 2 aromatic heterocycles. The minimum atomic E-state index is -0.843. The molecule has 11 rings (SSSR count). The summed E-state index contributed by atoms with van der Waals surface area (Å²) in [5, 5.41) is 6.28. The van der Waals surface area contributed by atoms with Crippen LogP contribution in [-0.2, 0) is 26.5 Å². The third-order valence-electron chi connectivity index (χ3n) is 13.0. The van der Waals surface area contributed by atoms with Gasteiger partial charge in [0.05, 0.1) is 0 Å². The molecular formula is C60H49N4OPt-. The first-order valence-electron chi connectivity index (χ1n) is 22.6. The maximum absolute atomic E-state index is 5.22. The smallest absolute Gasteiger partial charge is 0.148 e. The van der Waals surface area contributed by atoms with Gasteiger partial charge in [0.2, 0.25) is 0 Å². The van der Waals surface area contributed by atoms with Gasteiger partial charge in [-0.25, -0.2) is 4.98 Å². The van der Waals surface area contributed by atoms with E-state index < -0.39 is 5.41 Å². The number of nitrogens with zero attached hydrogens (tertiary/aromatic N) is 4. The Morgan fingerprint density at radius 3 is 1.76 bits per heavy atom. The molecule has 0 unspecified atom stereocenters. The van der Waals surface area contributed by atoms with E-state index >= 15 is 0 Å². The number of para-hydroxylation sites is 4. The first-order valence-corrected chi connectivity index (χ1v) is 22.6. The van der Waals surface area contributed by atoms with E-state index in [1.807, 2.05) is 34.5 Å². The van der Waals surface area contributed by atoms with Crippen LogP contribution < -0.4 is 10.1 Å². The Morgan fingerprint density at radius 1 is 0.515 bits per heavy atom. The predicted molar refractivity (Wildman–Crippen MR) is 267 cm³/mol. The summed E-state index contributed by atoms with van der Waals surface area (Å²) in [4.78, 5) is 10.4. The predicted octanol–water partition coefficient (Wildman–Crippen LogP) is 15.2. The van der Waals surface area contributed by atoms with Crippen molar-refractivity contribution in [3.05, 3.63) is 252 Å². The molecule has 0 fully saturated rings. The largest absolute Gasteiger partial charge is 0.319 e. The minimum Gasteiger partial charge on any atom is -0.319 e. The van der Waals surface area contributed by atoms with Gasteiger partial charge in [0, 0.05) is 43.9 Å². The summed E-state index contributed by atoms with van der Waals surface area (Å²) < 4.78 is 2.31. The molecule has 0 aliphatic carbocycles. The molecule has 0 saturated carbocycles. The van der Waals surface area contributed by atoms with Crippen LogP contribution in [0, 0.1) is 12.1 Å². The van der Waals surface area contributed by atoms with Crippen molar-refractivity contribution < 1.29 is 26.0 Å². The molecule has 8 aromatic carbocycles. The van der Waals surface area contributed by atoms with Gasteiger partial charge >= 0.3 is 0 Å². The molecule has 1 N–H and O–H groups in total. The minimum absolute atomic E-state index is 0. The Balaban J connectivity index is 0.00000511. The van der Waals surface area contributed by atoms with Gasteiger partial charge in [0.25, 0.3) is 0 Å². The molecule has 0 radical (unpaired) electrons. The maximum Gasteiger partial charge on any atom is 0.148 e. The summed E-state index contributed by atoms with van der Waals surface area (Å²) in [6.45, 7) is 9.13. The second kappa shape index (κ2) is 17.7. The van der Waals surface area contributed by atoms with E-state index in [1.165, 1.54) is 22.3 Å². The quantitative estimate of drug-likeness (QED) is 0.0778. The van der Waals surface area contributed by atoms with Crippen molar-refractivity contribution in [2.45, 2.75) is 44.9 Å². The van der Waals surface area contributed by atoms with Gasteiger partial charge < -0.3 is 4.57 Å². The van der Waals surface area contributed by atoms with Gasteiger partial charge in [-0.3, -0.25) is 0 Å². The van der Waals surface area contributed by atoms with Gasteiger partial charge in [-0.1, -0.05) is 166 Å². The van der Waals surface area contributed by atoms with Gasteiger partial charge in [-0.15, -0.1) is 33.7 Å². The Morgan fingerprint density at radius 2 is 1.09 bits per heavy atom. The molecule has 0 amide bonds. The normalized spacial score (nSPS) is 12.6. The zero-order valence-electron chi connectivity index (χ0n) is 37.3. The van der Waals surface area contributed by atoms with Crippen LogP contribution >= 0.6 is 0 Å². The van der Waals surface area contributed by atoms with Crippen LogP contribution in [0.1, 0.15) is 72.9 Å². The average Bonchev–Trinajstić information content (AvgIpc) is 3.91. The fourth-order valence-electron chi connectivity index (χ4n) is 9.99. The third-order valence-corrected chi connectivity index (χ3v) is 13.0. The monoisotopic (exact) mass is 1040 g/mol. The van der Waals surface area contributed by atoms with Crippen LogP contribution in [-0.4, -0.2) is 14.5 Å². The third kappa shape index (κ3) is 7.15. The number of rotatable bonds is 10. The number of anilines is 4. The summed E-state index contributed by atoms with van der Waals surface area (Å²) in [6, 6.07) is 79.3. The topological polar surface area (TPSA) is 37.1 Å². The molecule has 1 aliphatic heterocycles. The SMILES string of the molecule is CC(C)c1cccc(C(C)C)c1-c1ccnc(-n2c3[c-]c(C(c4[c-]c(N5[OH+]N(c6ccccc6)c6ccccc65)ccc4)(c4ccccc4)c4ccccc4)ccc3c3ccccc32)c1.[Pt]. The average molecular weight is 1040 g/mol. The van der Waals surface area contributed by atoms with E-state index in [1.54, 1.807) is 0 Å². The molecule has 0 saturated heterocycles. The van der Waals surface area contributed by atoms with Gasteiger partial charge in [0.15, 0.2) is 0 Å². The second-order valence-electron chi connectivity index (χ2n) is 17.5. The van der Waals surface area contributed by atoms with E-state index in [2.05, 4.69) is 226 Å². The van der Waals surface area contributed by atoms with Crippen LogP contribution in [0.5, 0.6) is 0 Å². The molecular weight excluding hydrogens is 988 g/mol. The van der Waals surface area contributed by atoms with E-state index in [-0.39, 0.29) is 21.1 Å². The molecule has 3 heterocycles. The molecule has 0 spiro atoms. The molecule has 10 aromatic rings. The first kappa shape index (κ1) is 42.9. The molecule has 5 nitrogen and oxygen atoms in total. The zero-order chi connectivity index (χ0) is 44.1. The van der Waals surface area contributed by atoms with Crippen molar-refractivity contribution >= 4 is 44.6 Å². The van der Waals surface area contributed by atoms with E-state index in [0.717, 1.165) is 72.6 Å². The Labute approximate surface area is 401 Å². The summed E-state index contributed by atoms with van der Waals surface area (Å²) in [6.07, 6.45) is 1.97. The molecule has 6 heteroatoms. The zero-order valence-corrected chi connectivity index (χ0v) is 39.6. The number of benzene rings is 8. The van der Waals surface area contributed by atoms with E-state index in [9.17, 15) is 0 Å². The van der Waals surface area contributed by atoms with Crippen LogP contribution in [0.2, 0.25) is 0 Å². The second-order valence-corrected chi connectivity index (χ2v) is 17.5. The summed E-state index contributed by atoms with van der Waals surface area (Å²) in [7, 11) is 0. The van der Waals surface area contributed by atoms with E-state index in [0.29, 0.717) is 11.8 Å². The Kier molecular flexibility index (Phi) is 11.5. The van der Waals surface area contributed by atoms with Gasteiger partial charge in [-0.05, 0) is 93.1 Å². The van der Waals surface area contributed by atoms with Crippen molar-refractivity contribution in [1.82, 2.24) is 9.55 Å². The standard InChI is InChI=1S/C60H48N4O.Pt/c1-41(2)50-29-19-30-51(42(3)4)59(50)43-36-37-61-58(38-43)62-54-31-15-14-28-52(54)53-35-34-47(40-57(53)62)60(44-20-8-5-9-21-44,45-22-10-6-11-23-45)46-24-18-27-49(39-46)64-56-33-17-16-32-55(56)63(65-64)48-25-12-7-13-26-48;/h5-38,41-42H,1-4H3;/q-2;/p+1. The Hall–Kier alpha value is -7.04. The van der Waals surface area contributed by atoms with E-state index in [4.69, 9.17) is 9.92 Å². The van der Waals surface area contributed by atoms with Gasteiger partial charge in [-0.2, -0.15) is 35.3 Å². The summed E-state index contributed by atoms with van der Waals surface area (Å²) >= 11 is 0. The number of hydrogen-bond acceptors (Lipinski definition) is 3. The van der Waals surface area contributed by atoms with Crippen molar-refractivity contribution in [3.63, 3.8) is 0 Å². The number of hydrogen-bond donors (Lipinski definition) is 0. The number of aromatic nitrogens is 2. The van der Waals surface area contributed by atoms with Crippen molar-refractivity contribution in [2.75, 3.05) is 10.1 Å². The molecule has 0 atom stereocenters.